The molecule has 2 rings (SSSR count). The highest BCUT2D eigenvalue weighted by Crippen LogP contribution is 2.32. The Morgan fingerprint density at radius 3 is 2.50 bits per heavy atom. The van der Waals surface area contributed by atoms with E-state index >= 15 is 0 Å². The van der Waals surface area contributed by atoms with E-state index in [2.05, 4.69) is 6.92 Å². The van der Waals surface area contributed by atoms with Gasteiger partial charge in [-0.1, -0.05) is 24.6 Å². The SMILES string of the molecule is CC1CCC(Oc2ccc(C(C)N)cc2Cl)CC1. The van der Waals surface area contributed by atoms with Crippen LogP contribution in [0.3, 0.4) is 0 Å². The van der Waals surface area contributed by atoms with Crippen LogP contribution in [0.25, 0.3) is 0 Å². The number of hydrogen-bond donors (Lipinski definition) is 1. The summed E-state index contributed by atoms with van der Waals surface area (Å²) in [6.07, 6.45) is 5.08. The minimum atomic E-state index is 0.00656. The van der Waals surface area contributed by atoms with E-state index < -0.39 is 0 Å². The third kappa shape index (κ3) is 3.39. The summed E-state index contributed by atoms with van der Waals surface area (Å²) in [5.41, 5.74) is 6.88. The summed E-state index contributed by atoms with van der Waals surface area (Å²) in [5, 5.41) is 0.670. The third-order valence-corrected chi connectivity index (χ3v) is 4.03. The second-order valence-electron chi connectivity index (χ2n) is 5.48. The lowest BCUT2D eigenvalue weighted by atomic mass is 9.89. The van der Waals surface area contributed by atoms with Gasteiger partial charge in [0.2, 0.25) is 0 Å². The largest absolute Gasteiger partial charge is 0.489 e. The lowest BCUT2D eigenvalue weighted by Gasteiger charge is -2.27. The zero-order valence-corrected chi connectivity index (χ0v) is 11.9. The van der Waals surface area contributed by atoms with E-state index in [-0.39, 0.29) is 6.04 Å². The molecule has 0 bridgehead atoms. The summed E-state index contributed by atoms with van der Waals surface area (Å²) < 4.78 is 6.00. The molecule has 1 atom stereocenters. The van der Waals surface area contributed by atoms with Crippen LogP contribution in [0.1, 0.15) is 51.1 Å². The van der Waals surface area contributed by atoms with Crippen LogP contribution in [-0.4, -0.2) is 6.10 Å². The van der Waals surface area contributed by atoms with E-state index in [0.29, 0.717) is 11.1 Å². The van der Waals surface area contributed by atoms with Crippen molar-refractivity contribution in [2.75, 3.05) is 0 Å². The molecule has 0 spiro atoms. The van der Waals surface area contributed by atoms with Gasteiger partial charge >= 0.3 is 0 Å². The molecule has 1 unspecified atom stereocenters. The summed E-state index contributed by atoms with van der Waals surface area (Å²) in [5.74, 6) is 1.63. The van der Waals surface area contributed by atoms with Crippen LogP contribution in [0, 0.1) is 5.92 Å². The molecule has 100 valence electrons. The second-order valence-corrected chi connectivity index (χ2v) is 5.89. The normalized spacial score (nSPS) is 25.8. The molecule has 1 fully saturated rings. The highest BCUT2D eigenvalue weighted by Gasteiger charge is 2.20. The lowest BCUT2D eigenvalue weighted by Crippen LogP contribution is -2.23. The zero-order valence-electron chi connectivity index (χ0n) is 11.2. The van der Waals surface area contributed by atoms with Crippen molar-refractivity contribution in [3.8, 4) is 5.75 Å². The molecule has 1 aromatic carbocycles. The summed E-state index contributed by atoms with van der Waals surface area (Å²) in [7, 11) is 0. The van der Waals surface area contributed by atoms with Gasteiger partial charge < -0.3 is 10.5 Å². The van der Waals surface area contributed by atoms with Crippen LogP contribution in [0.15, 0.2) is 18.2 Å². The summed E-state index contributed by atoms with van der Waals surface area (Å²) in [6, 6.07) is 5.86. The first-order chi connectivity index (χ1) is 8.56. The van der Waals surface area contributed by atoms with Crippen molar-refractivity contribution in [2.24, 2.45) is 11.7 Å². The maximum absolute atomic E-state index is 6.24. The van der Waals surface area contributed by atoms with E-state index in [1.54, 1.807) is 0 Å². The Hall–Kier alpha value is -0.730. The molecule has 1 aliphatic rings. The average Bonchev–Trinajstić information content (AvgIpc) is 2.34. The van der Waals surface area contributed by atoms with E-state index in [1.807, 2.05) is 25.1 Å². The Morgan fingerprint density at radius 1 is 1.28 bits per heavy atom. The van der Waals surface area contributed by atoms with Gasteiger partial charge in [0.1, 0.15) is 5.75 Å². The van der Waals surface area contributed by atoms with Gasteiger partial charge in [0, 0.05) is 6.04 Å². The van der Waals surface area contributed by atoms with E-state index in [4.69, 9.17) is 22.1 Å². The van der Waals surface area contributed by atoms with Crippen molar-refractivity contribution in [1.82, 2.24) is 0 Å². The molecule has 0 amide bonds. The first-order valence-corrected chi connectivity index (χ1v) is 7.15. The van der Waals surface area contributed by atoms with Crippen LogP contribution in [-0.2, 0) is 0 Å². The van der Waals surface area contributed by atoms with Gasteiger partial charge in [-0.3, -0.25) is 0 Å². The van der Waals surface area contributed by atoms with Gasteiger partial charge in [-0.2, -0.15) is 0 Å². The first kappa shape index (κ1) is 13.7. The van der Waals surface area contributed by atoms with Crippen LogP contribution >= 0.6 is 11.6 Å². The molecule has 0 radical (unpaired) electrons. The second kappa shape index (κ2) is 5.94. The third-order valence-electron chi connectivity index (χ3n) is 3.74. The van der Waals surface area contributed by atoms with Gasteiger partial charge in [0.15, 0.2) is 0 Å². The lowest BCUT2D eigenvalue weighted by molar-refractivity contribution is 0.135. The molecule has 3 heteroatoms. The summed E-state index contributed by atoms with van der Waals surface area (Å²) >= 11 is 6.24. The molecule has 0 heterocycles. The van der Waals surface area contributed by atoms with Crippen molar-refractivity contribution in [2.45, 2.75) is 51.7 Å². The smallest absolute Gasteiger partial charge is 0.138 e. The number of hydrogen-bond acceptors (Lipinski definition) is 2. The highest BCUT2D eigenvalue weighted by atomic mass is 35.5. The van der Waals surface area contributed by atoms with Crippen molar-refractivity contribution in [1.29, 1.82) is 0 Å². The molecule has 1 aromatic rings. The van der Waals surface area contributed by atoms with E-state index in [9.17, 15) is 0 Å². The van der Waals surface area contributed by atoms with Crippen LogP contribution in [0.5, 0.6) is 5.75 Å². The van der Waals surface area contributed by atoms with Crippen LogP contribution in [0.4, 0.5) is 0 Å². The first-order valence-electron chi connectivity index (χ1n) is 6.78. The van der Waals surface area contributed by atoms with Crippen molar-refractivity contribution < 1.29 is 4.74 Å². The van der Waals surface area contributed by atoms with Gasteiger partial charge in [-0.25, -0.2) is 0 Å². The molecule has 18 heavy (non-hydrogen) atoms. The van der Waals surface area contributed by atoms with Crippen LogP contribution < -0.4 is 10.5 Å². The van der Waals surface area contributed by atoms with Gasteiger partial charge in [0.25, 0.3) is 0 Å². The quantitative estimate of drug-likeness (QED) is 0.885. The van der Waals surface area contributed by atoms with Crippen molar-refractivity contribution >= 4 is 11.6 Å². The highest BCUT2D eigenvalue weighted by molar-refractivity contribution is 6.32. The molecule has 1 saturated carbocycles. The maximum atomic E-state index is 6.24. The molecular weight excluding hydrogens is 246 g/mol. The topological polar surface area (TPSA) is 35.2 Å². The van der Waals surface area contributed by atoms with E-state index in [0.717, 1.165) is 30.1 Å². The number of nitrogens with two attached hydrogens (primary N) is 1. The standard InChI is InChI=1S/C15H22ClNO/c1-10-3-6-13(7-4-10)18-15-8-5-12(11(2)17)9-14(15)16/h5,8-11,13H,3-4,6-7,17H2,1-2H3. The number of rotatable bonds is 3. The summed E-state index contributed by atoms with van der Waals surface area (Å²) in [6.45, 7) is 4.26. The number of benzene rings is 1. The Morgan fingerprint density at radius 2 is 1.94 bits per heavy atom. The predicted molar refractivity (Wildman–Crippen MR) is 76.1 cm³/mol. The van der Waals surface area contributed by atoms with E-state index in [1.165, 1.54) is 12.8 Å². The number of halogens is 1. The Labute approximate surface area is 114 Å². The van der Waals surface area contributed by atoms with Crippen LogP contribution in [0.2, 0.25) is 5.02 Å². The minimum absolute atomic E-state index is 0.00656. The maximum Gasteiger partial charge on any atom is 0.138 e. The fourth-order valence-corrected chi connectivity index (χ4v) is 2.66. The van der Waals surface area contributed by atoms with Crippen molar-refractivity contribution in [3.05, 3.63) is 28.8 Å². The Kier molecular flexibility index (Phi) is 4.52. The molecule has 2 N–H and O–H groups in total. The Bertz CT molecular complexity index is 397. The molecule has 0 aliphatic heterocycles. The number of ether oxygens (including phenoxy) is 1. The molecular formula is C15H22ClNO. The van der Waals surface area contributed by atoms with Crippen molar-refractivity contribution in [3.63, 3.8) is 0 Å². The molecule has 1 aliphatic carbocycles. The zero-order chi connectivity index (χ0) is 13.1. The van der Waals surface area contributed by atoms with Gasteiger partial charge in [0.05, 0.1) is 11.1 Å². The Balaban J connectivity index is 2.01. The van der Waals surface area contributed by atoms with Gasteiger partial charge in [-0.15, -0.1) is 0 Å². The van der Waals surface area contributed by atoms with Gasteiger partial charge in [-0.05, 0) is 56.2 Å². The fraction of sp³-hybridized carbons (Fsp3) is 0.600. The predicted octanol–water partition coefficient (Wildman–Crippen LogP) is 4.32. The fourth-order valence-electron chi connectivity index (χ4n) is 2.42. The summed E-state index contributed by atoms with van der Waals surface area (Å²) in [4.78, 5) is 0. The monoisotopic (exact) mass is 267 g/mol. The average molecular weight is 268 g/mol. The molecule has 2 nitrogen and oxygen atoms in total. The molecule has 0 aromatic heterocycles. The minimum Gasteiger partial charge on any atom is -0.489 e. The molecule has 0 saturated heterocycles.